The van der Waals surface area contributed by atoms with Crippen LogP contribution >= 0.6 is 0 Å². The second kappa shape index (κ2) is 6.41. The van der Waals surface area contributed by atoms with Crippen molar-refractivity contribution < 1.29 is 14.7 Å². The number of anilines is 1. The molecule has 2 unspecified atom stereocenters. The average molecular weight is 276 g/mol. The predicted molar refractivity (Wildman–Crippen MR) is 76.7 cm³/mol. The lowest BCUT2D eigenvalue weighted by Crippen LogP contribution is -2.33. The Morgan fingerprint density at radius 1 is 1.45 bits per heavy atom. The molecule has 0 radical (unpaired) electrons. The maximum Gasteiger partial charge on any atom is 0.308 e. The first-order valence-corrected chi connectivity index (χ1v) is 6.94. The van der Waals surface area contributed by atoms with Gasteiger partial charge in [-0.25, -0.2) is 0 Å². The van der Waals surface area contributed by atoms with Crippen LogP contribution in [0.4, 0.5) is 5.69 Å². The van der Waals surface area contributed by atoms with Crippen LogP contribution < -0.4 is 10.6 Å². The zero-order valence-corrected chi connectivity index (χ0v) is 11.6. The number of para-hydroxylation sites is 1. The molecule has 5 heteroatoms. The quantitative estimate of drug-likeness (QED) is 0.740. The van der Waals surface area contributed by atoms with Crippen LogP contribution in [-0.4, -0.2) is 30.1 Å². The summed E-state index contributed by atoms with van der Waals surface area (Å²) in [5.41, 5.74) is 2.25. The van der Waals surface area contributed by atoms with Crippen LogP contribution in [0.25, 0.3) is 0 Å². The Bertz CT molecular complexity index is 502. The number of hydrogen-bond donors (Lipinski definition) is 3. The highest BCUT2D eigenvalue weighted by atomic mass is 16.4. The number of hydrogen-bond acceptors (Lipinski definition) is 3. The smallest absolute Gasteiger partial charge is 0.308 e. The van der Waals surface area contributed by atoms with Crippen LogP contribution in [0.5, 0.6) is 0 Å². The van der Waals surface area contributed by atoms with E-state index in [2.05, 4.69) is 10.6 Å². The van der Waals surface area contributed by atoms with Gasteiger partial charge in [0.25, 0.3) is 0 Å². The molecule has 1 aliphatic heterocycles. The number of rotatable bonds is 6. The fraction of sp³-hybridized carbons (Fsp3) is 0.467. The maximum absolute atomic E-state index is 11.9. The topological polar surface area (TPSA) is 78.4 Å². The van der Waals surface area contributed by atoms with Crippen molar-refractivity contribution in [1.29, 1.82) is 0 Å². The van der Waals surface area contributed by atoms with Crippen LogP contribution in [0.15, 0.2) is 24.3 Å². The van der Waals surface area contributed by atoms with Gasteiger partial charge in [0.1, 0.15) is 0 Å². The molecule has 0 bridgehead atoms. The minimum Gasteiger partial charge on any atom is -0.481 e. The molecule has 0 saturated heterocycles. The lowest BCUT2D eigenvalue weighted by molar-refractivity contribution is -0.141. The maximum atomic E-state index is 11.9. The molecule has 0 fully saturated rings. The average Bonchev–Trinajstić information content (AvgIpc) is 2.82. The molecule has 0 spiro atoms. The molecule has 1 aromatic carbocycles. The van der Waals surface area contributed by atoms with E-state index >= 15 is 0 Å². The largest absolute Gasteiger partial charge is 0.481 e. The lowest BCUT2D eigenvalue weighted by Gasteiger charge is -2.13. The molecule has 3 N–H and O–H groups in total. The Kier molecular flexibility index (Phi) is 4.61. The lowest BCUT2D eigenvalue weighted by atomic mass is 9.97. The van der Waals surface area contributed by atoms with Crippen LogP contribution in [-0.2, 0) is 9.59 Å². The third-order valence-electron chi connectivity index (χ3n) is 3.76. The molecular formula is C15H20N2O3. The van der Waals surface area contributed by atoms with Crippen molar-refractivity contribution in [2.45, 2.75) is 25.7 Å². The summed E-state index contributed by atoms with van der Waals surface area (Å²) in [4.78, 5) is 22.8. The summed E-state index contributed by atoms with van der Waals surface area (Å²) >= 11 is 0. The van der Waals surface area contributed by atoms with Crippen molar-refractivity contribution in [2.24, 2.45) is 5.92 Å². The Hall–Kier alpha value is -2.04. The number of carbonyl (C=O) groups excluding carboxylic acids is 1. The van der Waals surface area contributed by atoms with E-state index in [0.29, 0.717) is 12.8 Å². The summed E-state index contributed by atoms with van der Waals surface area (Å²) < 4.78 is 0. The fourth-order valence-electron chi connectivity index (χ4n) is 2.48. The number of amides is 1. The number of fused-ring (bicyclic) bond motifs is 1. The summed E-state index contributed by atoms with van der Waals surface area (Å²) in [7, 11) is 0. The third-order valence-corrected chi connectivity index (χ3v) is 3.76. The van der Waals surface area contributed by atoms with Gasteiger partial charge in [-0.15, -0.1) is 0 Å². The minimum atomic E-state index is -0.860. The van der Waals surface area contributed by atoms with Crippen molar-refractivity contribution in [3.05, 3.63) is 29.8 Å². The molecular weight excluding hydrogens is 256 g/mol. The van der Waals surface area contributed by atoms with E-state index in [1.165, 1.54) is 0 Å². The summed E-state index contributed by atoms with van der Waals surface area (Å²) in [6.07, 6.45) is 0.906. The van der Waals surface area contributed by atoms with Crippen molar-refractivity contribution in [3.63, 3.8) is 0 Å². The Morgan fingerprint density at radius 2 is 2.20 bits per heavy atom. The third kappa shape index (κ3) is 3.29. The van der Waals surface area contributed by atoms with E-state index in [4.69, 9.17) is 5.11 Å². The van der Waals surface area contributed by atoms with E-state index < -0.39 is 11.9 Å². The van der Waals surface area contributed by atoms with Crippen LogP contribution in [0.2, 0.25) is 0 Å². The van der Waals surface area contributed by atoms with Crippen molar-refractivity contribution in [3.8, 4) is 0 Å². The Labute approximate surface area is 118 Å². The van der Waals surface area contributed by atoms with Gasteiger partial charge in [0.05, 0.1) is 5.92 Å². The van der Waals surface area contributed by atoms with E-state index in [9.17, 15) is 9.59 Å². The van der Waals surface area contributed by atoms with Crippen LogP contribution in [0.3, 0.4) is 0 Å². The number of benzene rings is 1. The summed E-state index contributed by atoms with van der Waals surface area (Å²) in [6.45, 7) is 2.76. The van der Waals surface area contributed by atoms with E-state index in [1.807, 2.05) is 31.2 Å². The van der Waals surface area contributed by atoms with E-state index in [-0.39, 0.29) is 18.4 Å². The fourth-order valence-corrected chi connectivity index (χ4v) is 2.48. The number of nitrogens with one attached hydrogen (secondary N) is 2. The van der Waals surface area contributed by atoms with Gasteiger partial charge in [-0.2, -0.15) is 0 Å². The summed E-state index contributed by atoms with van der Waals surface area (Å²) in [5, 5.41) is 14.9. The van der Waals surface area contributed by atoms with Crippen LogP contribution in [0.1, 0.15) is 31.2 Å². The highest BCUT2D eigenvalue weighted by Crippen LogP contribution is 2.32. The van der Waals surface area contributed by atoms with E-state index in [0.717, 1.165) is 17.8 Å². The summed E-state index contributed by atoms with van der Waals surface area (Å²) in [5.74, 6) is -1.29. The molecule has 1 amide bonds. The summed E-state index contributed by atoms with van der Waals surface area (Å²) in [6, 6.07) is 7.96. The molecule has 1 heterocycles. The first-order valence-electron chi connectivity index (χ1n) is 6.94. The normalized spacial score (nSPS) is 17.9. The molecule has 2 rings (SSSR count). The first kappa shape index (κ1) is 14.4. The highest BCUT2D eigenvalue weighted by molar-refractivity contribution is 5.79. The second-order valence-electron chi connectivity index (χ2n) is 5.12. The monoisotopic (exact) mass is 276 g/mol. The Balaban J connectivity index is 1.86. The van der Waals surface area contributed by atoms with Gasteiger partial charge in [-0.1, -0.05) is 25.1 Å². The number of carbonyl (C=O) groups is 2. The number of carboxylic acids is 1. The van der Waals surface area contributed by atoms with Gasteiger partial charge < -0.3 is 15.7 Å². The SMILES string of the molecule is CCC(CNC(=O)CC1CNc2ccccc21)C(=O)O. The first-order chi connectivity index (χ1) is 9.61. The van der Waals surface area contributed by atoms with Crippen molar-refractivity contribution in [2.75, 3.05) is 18.4 Å². The molecule has 1 aliphatic rings. The molecule has 0 aliphatic carbocycles. The van der Waals surface area contributed by atoms with E-state index in [1.54, 1.807) is 0 Å². The van der Waals surface area contributed by atoms with Gasteiger partial charge in [-0.05, 0) is 18.1 Å². The molecule has 20 heavy (non-hydrogen) atoms. The number of aliphatic carboxylic acids is 1. The molecule has 0 saturated carbocycles. The zero-order chi connectivity index (χ0) is 14.5. The van der Waals surface area contributed by atoms with Gasteiger partial charge in [-0.3, -0.25) is 9.59 Å². The van der Waals surface area contributed by atoms with Crippen molar-refractivity contribution in [1.82, 2.24) is 5.32 Å². The molecule has 2 atom stereocenters. The highest BCUT2D eigenvalue weighted by Gasteiger charge is 2.24. The second-order valence-corrected chi connectivity index (χ2v) is 5.12. The van der Waals surface area contributed by atoms with Gasteiger partial charge in [0, 0.05) is 31.1 Å². The molecule has 0 aromatic heterocycles. The predicted octanol–water partition coefficient (Wildman–Crippen LogP) is 1.81. The standard InChI is InChI=1S/C15H20N2O3/c1-2-10(15(19)20)8-17-14(18)7-11-9-16-13-6-4-3-5-12(11)13/h3-6,10-11,16H,2,7-9H2,1H3,(H,17,18)(H,19,20). The van der Waals surface area contributed by atoms with Crippen LogP contribution in [0, 0.1) is 5.92 Å². The van der Waals surface area contributed by atoms with Gasteiger partial charge in [0.2, 0.25) is 5.91 Å². The zero-order valence-electron chi connectivity index (χ0n) is 11.6. The van der Waals surface area contributed by atoms with Gasteiger partial charge in [0.15, 0.2) is 0 Å². The molecule has 108 valence electrons. The number of carboxylic acid groups (broad SMARTS) is 1. The van der Waals surface area contributed by atoms with Crippen molar-refractivity contribution >= 4 is 17.6 Å². The molecule has 5 nitrogen and oxygen atoms in total. The van der Waals surface area contributed by atoms with Gasteiger partial charge >= 0.3 is 5.97 Å². The molecule has 1 aromatic rings. The minimum absolute atomic E-state index is 0.0896. The Morgan fingerprint density at radius 3 is 2.90 bits per heavy atom.